The van der Waals surface area contributed by atoms with Crippen LogP contribution in [0.15, 0.2) is 11.6 Å². The molecule has 24 heteroatoms. The van der Waals surface area contributed by atoms with Gasteiger partial charge in [0.15, 0.2) is 25.2 Å². The van der Waals surface area contributed by atoms with Gasteiger partial charge in [-0.1, -0.05) is 53.2 Å². The number of aliphatic hydroxyl groups is 16. The minimum atomic E-state index is -1.93. The van der Waals surface area contributed by atoms with E-state index in [0.29, 0.717) is 32.1 Å². The third kappa shape index (κ3) is 11.0. The summed E-state index contributed by atoms with van der Waals surface area (Å²) in [6, 6.07) is 0. The molecule has 4 saturated heterocycles. The lowest BCUT2D eigenvalue weighted by Gasteiger charge is -2.67. The van der Waals surface area contributed by atoms with Gasteiger partial charge < -0.3 is 120 Å². The molecule has 0 spiro atoms. The van der Waals surface area contributed by atoms with Gasteiger partial charge in [-0.3, -0.25) is 0 Å². The van der Waals surface area contributed by atoms with E-state index in [-0.39, 0.29) is 40.9 Å². The van der Waals surface area contributed by atoms with Gasteiger partial charge in [0.05, 0.1) is 50.3 Å². The smallest absolute Gasteiger partial charge is 0.187 e. The van der Waals surface area contributed by atoms with E-state index in [4.69, 9.17) is 37.9 Å². The van der Waals surface area contributed by atoms with E-state index in [1.54, 1.807) is 0 Å². The molecule has 7 fully saturated rings. The van der Waals surface area contributed by atoms with Crippen molar-refractivity contribution in [2.75, 3.05) is 26.4 Å². The second-order valence-corrected chi connectivity index (χ2v) is 25.9. The van der Waals surface area contributed by atoms with E-state index >= 15 is 0 Å². The van der Waals surface area contributed by atoms with E-state index in [1.807, 2.05) is 0 Å². The molecule has 8 aliphatic rings. The third-order valence-corrected chi connectivity index (χ3v) is 20.8. The predicted molar refractivity (Wildman–Crippen MR) is 268 cm³/mol. The lowest BCUT2D eigenvalue weighted by Crippen LogP contribution is -2.65. The summed E-state index contributed by atoms with van der Waals surface area (Å²) in [6.45, 7) is 13.5. The van der Waals surface area contributed by atoms with Crippen LogP contribution in [-0.2, 0) is 37.9 Å². The van der Waals surface area contributed by atoms with Crippen LogP contribution in [0.25, 0.3) is 0 Å². The van der Waals surface area contributed by atoms with Crippen molar-refractivity contribution in [3.63, 3.8) is 0 Å². The summed E-state index contributed by atoms with van der Waals surface area (Å²) in [7, 11) is 0. The average molecular weight is 1130 g/mol. The summed E-state index contributed by atoms with van der Waals surface area (Å²) >= 11 is 0. The topological polar surface area (TPSA) is 398 Å². The van der Waals surface area contributed by atoms with Crippen molar-refractivity contribution >= 4 is 0 Å². The molecule has 452 valence electrons. The molecule has 8 rings (SSSR count). The standard InChI is InChI=1S/C54H92O24/c1-22(23-15-16-52(6)30-12-10-24-25(54(30,8)31(58)17-53(23,52)7)11-14-32(50(24,2)3)76-47-43(68)39(64)35(60)27(19-56)73-47)9-13-33(51(4,5)70)77-49-45(78-48-44(69)40(65)36(61)28(20-57)74-48)41(66)37(62)29(75-49)21-71-46-42(67)38(63)34(59)26(18-55)72-46/h10,22-23,25-49,55-70H,9,11-21H2,1-8H3/t22-,23-,25-,26?,27?,28-,29?,30+,31-,32+,33?,34-,35-,36?,37-,38+,39+,40+,41?,42?,43-,44?,45-,46-,47+,48+,49+,52+,53-,54+/m1/s1. The number of hydrogen-bond donors (Lipinski definition) is 16. The van der Waals surface area contributed by atoms with Crippen molar-refractivity contribution in [3.05, 3.63) is 11.6 Å². The molecule has 4 heterocycles. The van der Waals surface area contributed by atoms with E-state index in [0.717, 1.165) is 18.4 Å². The molecule has 4 aliphatic carbocycles. The van der Waals surface area contributed by atoms with Crippen LogP contribution >= 0.6 is 0 Å². The van der Waals surface area contributed by atoms with Crippen molar-refractivity contribution < 1.29 is 120 Å². The number of hydrogen-bond acceptors (Lipinski definition) is 24. The Hall–Kier alpha value is -1.22. The van der Waals surface area contributed by atoms with Crippen molar-refractivity contribution in [2.24, 2.45) is 45.3 Å². The monoisotopic (exact) mass is 1120 g/mol. The Morgan fingerprint density at radius 2 is 1.09 bits per heavy atom. The Bertz CT molecular complexity index is 2020. The maximum Gasteiger partial charge on any atom is 0.187 e. The number of fused-ring (bicyclic) bond motifs is 5. The van der Waals surface area contributed by atoms with Crippen molar-refractivity contribution in [1.29, 1.82) is 0 Å². The summed E-state index contributed by atoms with van der Waals surface area (Å²) in [5, 5.41) is 172. The normalized spacial score (nSPS) is 51.4. The Morgan fingerprint density at radius 1 is 0.590 bits per heavy atom. The summed E-state index contributed by atoms with van der Waals surface area (Å²) in [4.78, 5) is 0. The van der Waals surface area contributed by atoms with E-state index in [9.17, 15) is 81.7 Å². The van der Waals surface area contributed by atoms with E-state index in [2.05, 4.69) is 47.6 Å². The van der Waals surface area contributed by atoms with Crippen LogP contribution in [0.4, 0.5) is 0 Å². The Labute approximate surface area is 455 Å². The molecule has 30 atom stereocenters. The van der Waals surface area contributed by atoms with Crippen molar-refractivity contribution in [1.82, 2.24) is 0 Å². The Balaban J connectivity index is 0.987. The predicted octanol–water partition coefficient (Wildman–Crippen LogP) is -3.23. The zero-order chi connectivity index (χ0) is 57.5. The molecule has 4 aliphatic heterocycles. The molecule has 0 radical (unpaired) electrons. The fourth-order valence-electron chi connectivity index (χ4n) is 15.6. The van der Waals surface area contributed by atoms with E-state index < -0.39 is 184 Å². The van der Waals surface area contributed by atoms with Crippen molar-refractivity contribution in [2.45, 2.75) is 253 Å². The summed E-state index contributed by atoms with van der Waals surface area (Å²) in [6.07, 6.45) is -27.6. The average Bonchev–Trinajstić information content (AvgIpc) is 3.21. The molecule has 0 aromatic rings. The van der Waals surface area contributed by atoms with Gasteiger partial charge in [0.2, 0.25) is 0 Å². The lowest BCUT2D eigenvalue weighted by molar-refractivity contribution is -0.380. The molecular weight excluding hydrogens is 1030 g/mol. The fourth-order valence-corrected chi connectivity index (χ4v) is 15.6. The lowest BCUT2D eigenvalue weighted by atomic mass is 9.38. The molecule has 0 aromatic heterocycles. The van der Waals surface area contributed by atoms with Gasteiger partial charge in [-0.05, 0) is 99.7 Å². The molecule has 3 saturated carbocycles. The molecule has 0 aromatic carbocycles. The second kappa shape index (κ2) is 23.7. The van der Waals surface area contributed by atoms with Gasteiger partial charge in [-0.25, -0.2) is 0 Å². The van der Waals surface area contributed by atoms with Gasteiger partial charge in [-0.2, -0.15) is 0 Å². The maximum absolute atomic E-state index is 12.7. The summed E-state index contributed by atoms with van der Waals surface area (Å²) < 4.78 is 47.7. The van der Waals surface area contributed by atoms with Gasteiger partial charge in [0, 0.05) is 10.8 Å². The Kier molecular flexibility index (Phi) is 19.1. The van der Waals surface area contributed by atoms with Crippen LogP contribution in [0.3, 0.4) is 0 Å². The minimum Gasteiger partial charge on any atom is -0.394 e. The largest absolute Gasteiger partial charge is 0.394 e. The zero-order valence-corrected chi connectivity index (χ0v) is 46.1. The van der Waals surface area contributed by atoms with Crippen LogP contribution in [0.5, 0.6) is 0 Å². The first-order chi connectivity index (χ1) is 36.4. The SMILES string of the molecule is C[C@H](CCC(O[C@@H]1OC(CO[C@@H]2OC(CO)[C@@H](O)[C@H](O)C2O)[C@@H](O)C(O)[C@H]1O[C@@H]1O[C@H](CO)C(O)[C@H](O)C1O)C(C)(C)O)[C@H]1CC[C@@]2(C)[C@@H]3CC=C4[C@@H](CC[C@H](O[C@@H]5OC(CO)[C@@H](O)[C@H](O)[C@H]5O)C4(C)C)[C@]3(C)[C@H](O)C[C@]12C. The molecular formula is C54H92O24. The van der Waals surface area contributed by atoms with E-state index in [1.165, 1.54) is 13.8 Å². The van der Waals surface area contributed by atoms with Gasteiger partial charge in [0.25, 0.3) is 0 Å². The first-order valence-electron chi connectivity index (χ1n) is 28.0. The molecule has 78 heavy (non-hydrogen) atoms. The van der Waals surface area contributed by atoms with Crippen LogP contribution in [0, 0.1) is 45.3 Å². The van der Waals surface area contributed by atoms with Crippen LogP contribution in [-0.4, -0.2) is 255 Å². The molecule has 0 bridgehead atoms. The van der Waals surface area contributed by atoms with Gasteiger partial charge in [0.1, 0.15) is 97.7 Å². The third-order valence-electron chi connectivity index (χ3n) is 20.8. The van der Waals surface area contributed by atoms with Crippen LogP contribution < -0.4 is 0 Å². The molecule has 16 N–H and O–H groups in total. The highest BCUT2D eigenvalue weighted by atomic mass is 16.8. The summed E-state index contributed by atoms with van der Waals surface area (Å²) in [5.74, 6) is 0.223. The molecule has 8 unspecified atom stereocenters. The highest BCUT2D eigenvalue weighted by Gasteiger charge is 2.70. The van der Waals surface area contributed by atoms with Gasteiger partial charge >= 0.3 is 0 Å². The molecule has 24 nitrogen and oxygen atoms in total. The number of rotatable bonds is 17. The van der Waals surface area contributed by atoms with Crippen LogP contribution in [0.2, 0.25) is 0 Å². The number of aliphatic hydroxyl groups excluding tert-OH is 15. The number of allylic oxidation sites excluding steroid dienone is 1. The first-order valence-corrected chi connectivity index (χ1v) is 28.0. The molecule has 0 amide bonds. The van der Waals surface area contributed by atoms with Crippen LogP contribution in [0.1, 0.15) is 107 Å². The fraction of sp³-hybridized carbons (Fsp3) is 0.963. The minimum absolute atomic E-state index is 0.00555. The highest BCUT2D eigenvalue weighted by molar-refractivity contribution is 5.32. The van der Waals surface area contributed by atoms with Crippen molar-refractivity contribution in [3.8, 4) is 0 Å². The maximum atomic E-state index is 12.7. The first kappa shape index (κ1) is 62.8. The Morgan fingerprint density at radius 3 is 1.63 bits per heavy atom. The highest BCUT2D eigenvalue weighted by Crippen LogP contribution is 2.75. The quantitative estimate of drug-likeness (QED) is 0.0637. The number of ether oxygens (including phenoxy) is 8. The summed E-state index contributed by atoms with van der Waals surface area (Å²) in [5.41, 5.74) is -2.07. The zero-order valence-electron chi connectivity index (χ0n) is 46.1. The second-order valence-electron chi connectivity index (χ2n) is 25.9. The van der Waals surface area contributed by atoms with Gasteiger partial charge in [-0.15, -0.1) is 0 Å².